The minimum absolute atomic E-state index is 0.163. The van der Waals surface area contributed by atoms with Crippen molar-refractivity contribution in [2.75, 3.05) is 26.7 Å². The summed E-state index contributed by atoms with van der Waals surface area (Å²) in [5.74, 6) is 0.00400. The SMILES string of the molecule is CN1C[C@@H](c2ccccc2Br)[C@@]2(CN(Cc3ccccc3)C/C(=C\c3ccccc3Br)C2=O)[C@]12c1ccccc1-c1nc3ccccc3nc12. The van der Waals surface area contributed by atoms with E-state index in [1.165, 1.54) is 5.56 Å². The van der Waals surface area contributed by atoms with Crippen LogP contribution in [0.3, 0.4) is 0 Å². The Morgan fingerprint density at radius 2 is 1.44 bits per heavy atom. The number of para-hydroxylation sites is 2. The van der Waals surface area contributed by atoms with Crippen LogP contribution in [0.1, 0.15) is 33.9 Å². The Bertz CT molecular complexity index is 2340. The first-order valence-corrected chi connectivity index (χ1v) is 18.6. The van der Waals surface area contributed by atoms with Crippen molar-refractivity contribution in [2.45, 2.75) is 18.0 Å². The summed E-state index contributed by atoms with van der Waals surface area (Å²) in [6, 6.07) is 43.8. The maximum absolute atomic E-state index is 16.1. The quantitative estimate of drug-likeness (QED) is 0.167. The van der Waals surface area contributed by atoms with Gasteiger partial charge in [-0.1, -0.05) is 135 Å². The molecule has 1 aliphatic carbocycles. The topological polar surface area (TPSA) is 49.3 Å². The summed E-state index contributed by atoms with van der Waals surface area (Å²) in [4.78, 5) is 31.9. The molecule has 3 heterocycles. The summed E-state index contributed by atoms with van der Waals surface area (Å²) >= 11 is 7.72. The maximum Gasteiger partial charge on any atom is 0.170 e. The van der Waals surface area contributed by atoms with E-state index in [4.69, 9.17) is 9.97 Å². The van der Waals surface area contributed by atoms with Crippen molar-refractivity contribution in [2.24, 2.45) is 5.41 Å². The number of carbonyl (C=O) groups is 1. The van der Waals surface area contributed by atoms with Crippen molar-refractivity contribution in [3.63, 3.8) is 0 Å². The number of rotatable bonds is 4. The van der Waals surface area contributed by atoms with Gasteiger partial charge in [-0.3, -0.25) is 14.6 Å². The molecule has 0 bridgehead atoms. The van der Waals surface area contributed by atoms with Gasteiger partial charge in [0.05, 0.1) is 27.8 Å². The molecule has 1 aromatic heterocycles. The molecule has 3 atom stereocenters. The fraction of sp³-hybridized carbons (Fsp3) is 0.186. The van der Waals surface area contributed by atoms with Crippen LogP contribution in [0, 0.1) is 5.41 Å². The van der Waals surface area contributed by atoms with Gasteiger partial charge in [0.2, 0.25) is 0 Å². The van der Waals surface area contributed by atoms with Crippen LogP contribution >= 0.6 is 31.9 Å². The molecule has 0 amide bonds. The lowest BCUT2D eigenvalue weighted by Crippen LogP contribution is -2.63. The van der Waals surface area contributed by atoms with Gasteiger partial charge in [0, 0.05) is 52.2 Å². The molecule has 2 fully saturated rings. The van der Waals surface area contributed by atoms with Gasteiger partial charge < -0.3 is 0 Å². The molecule has 9 rings (SSSR count). The number of Topliss-reactive ketones (excluding diaryl/α,β-unsaturated/α-hetero) is 1. The second kappa shape index (κ2) is 12.2. The summed E-state index contributed by atoms with van der Waals surface area (Å²) in [5.41, 5.74) is 7.83. The van der Waals surface area contributed by atoms with Crippen LogP contribution in [-0.2, 0) is 16.9 Å². The maximum atomic E-state index is 16.1. The molecule has 50 heavy (non-hydrogen) atoms. The van der Waals surface area contributed by atoms with E-state index in [9.17, 15) is 0 Å². The normalized spacial score (nSPS) is 24.0. The molecule has 2 spiro atoms. The minimum Gasteiger partial charge on any atom is -0.294 e. The van der Waals surface area contributed by atoms with Crippen LogP contribution in [0.5, 0.6) is 0 Å². The third kappa shape index (κ3) is 4.60. The van der Waals surface area contributed by atoms with E-state index in [-0.39, 0.29) is 11.7 Å². The van der Waals surface area contributed by atoms with Gasteiger partial charge in [0.15, 0.2) is 5.78 Å². The number of halogens is 2. The number of likely N-dealkylation sites (tertiary alicyclic amines) is 2. The fourth-order valence-corrected chi connectivity index (χ4v) is 10.1. The fourth-order valence-electron chi connectivity index (χ4n) is 9.16. The van der Waals surface area contributed by atoms with E-state index in [1.807, 2.05) is 42.5 Å². The lowest BCUT2D eigenvalue weighted by atomic mass is 9.55. The highest BCUT2D eigenvalue weighted by molar-refractivity contribution is 9.10. The van der Waals surface area contributed by atoms with E-state index in [0.29, 0.717) is 26.2 Å². The first-order valence-electron chi connectivity index (χ1n) is 17.0. The summed E-state index contributed by atoms with van der Waals surface area (Å²) in [6.07, 6.45) is 2.11. The molecule has 0 saturated carbocycles. The molecule has 0 N–H and O–H groups in total. The predicted molar refractivity (Wildman–Crippen MR) is 207 cm³/mol. The van der Waals surface area contributed by atoms with Gasteiger partial charge in [0.1, 0.15) is 5.54 Å². The molecule has 2 aliphatic heterocycles. The highest BCUT2D eigenvalue weighted by atomic mass is 79.9. The number of piperidine rings is 1. The highest BCUT2D eigenvalue weighted by Crippen LogP contribution is 2.68. The van der Waals surface area contributed by atoms with Crippen LogP contribution in [0.4, 0.5) is 0 Å². The first kappa shape index (κ1) is 31.7. The Labute approximate surface area is 309 Å². The van der Waals surface area contributed by atoms with Gasteiger partial charge >= 0.3 is 0 Å². The summed E-state index contributed by atoms with van der Waals surface area (Å²) in [5, 5.41) is 0. The van der Waals surface area contributed by atoms with Gasteiger partial charge in [-0.15, -0.1) is 0 Å². The predicted octanol–water partition coefficient (Wildman–Crippen LogP) is 9.26. The minimum atomic E-state index is -0.968. The van der Waals surface area contributed by atoms with Crippen LogP contribution in [0.25, 0.3) is 28.4 Å². The number of nitrogens with zero attached hydrogens (tertiary/aromatic N) is 4. The third-order valence-electron chi connectivity index (χ3n) is 11.1. The van der Waals surface area contributed by atoms with Gasteiger partial charge in [-0.05, 0) is 59.6 Å². The first-order chi connectivity index (χ1) is 24.4. The standard InChI is InChI=1S/C43H34Br2N4O/c1-48-26-34(31-16-7-10-20-36(31)45)42(43(48)33-18-8-6-17-32(33)39-40(43)47-38-22-12-11-21-37(38)46-39)27-49(24-28-13-3-2-4-14-28)25-30(41(42)50)23-29-15-5-9-19-35(29)44/h2-23,34H,24-27H2,1H3/b30-23+/t34-,42+,43+/m0/s1. The van der Waals surface area contributed by atoms with Crippen molar-refractivity contribution in [3.8, 4) is 11.3 Å². The molecule has 6 aromatic rings. The van der Waals surface area contributed by atoms with Crippen LogP contribution in [-0.4, -0.2) is 52.2 Å². The van der Waals surface area contributed by atoms with E-state index in [0.717, 1.165) is 59.2 Å². The zero-order chi connectivity index (χ0) is 34.0. The number of carbonyl (C=O) groups excluding carboxylic acids is 1. The van der Waals surface area contributed by atoms with Crippen molar-refractivity contribution < 1.29 is 4.79 Å². The van der Waals surface area contributed by atoms with Crippen LogP contribution in [0.15, 0.2) is 142 Å². The molecule has 246 valence electrons. The Hall–Kier alpha value is -4.27. The number of benzene rings is 5. The summed E-state index contributed by atoms with van der Waals surface area (Å²) < 4.78 is 1.97. The molecule has 0 unspecified atom stereocenters. The average Bonchev–Trinajstić information content (AvgIpc) is 3.57. The molecule has 3 aliphatic rings. The van der Waals surface area contributed by atoms with E-state index < -0.39 is 11.0 Å². The Morgan fingerprint density at radius 3 is 2.22 bits per heavy atom. The monoisotopic (exact) mass is 780 g/mol. The Balaban J connectivity index is 1.38. The molecular formula is C43H34Br2N4O. The second-order valence-electron chi connectivity index (χ2n) is 13.7. The van der Waals surface area contributed by atoms with Gasteiger partial charge in [-0.2, -0.15) is 0 Å². The third-order valence-corrected chi connectivity index (χ3v) is 12.5. The number of likely N-dealkylation sites (N-methyl/N-ethyl adjacent to an activating group) is 1. The zero-order valence-electron chi connectivity index (χ0n) is 27.6. The van der Waals surface area contributed by atoms with Crippen molar-refractivity contribution in [1.29, 1.82) is 0 Å². The van der Waals surface area contributed by atoms with E-state index in [1.54, 1.807) is 0 Å². The Morgan fingerprint density at radius 1 is 0.780 bits per heavy atom. The highest BCUT2D eigenvalue weighted by Gasteiger charge is 2.73. The average molecular weight is 783 g/mol. The zero-order valence-corrected chi connectivity index (χ0v) is 30.7. The second-order valence-corrected chi connectivity index (χ2v) is 15.5. The van der Waals surface area contributed by atoms with Crippen LogP contribution in [0.2, 0.25) is 0 Å². The summed E-state index contributed by atoms with van der Waals surface area (Å²) in [6.45, 7) is 2.46. The lowest BCUT2D eigenvalue weighted by molar-refractivity contribution is -0.135. The van der Waals surface area contributed by atoms with E-state index >= 15 is 4.79 Å². The van der Waals surface area contributed by atoms with E-state index in [2.05, 4.69) is 140 Å². The molecule has 5 nitrogen and oxygen atoms in total. The van der Waals surface area contributed by atoms with Crippen molar-refractivity contribution >= 4 is 54.8 Å². The lowest BCUT2D eigenvalue weighted by Gasteiger charge is -2.53. The molecule has 0 radical (unpaired) electrons. The smallest absolute Gasteiger partial charge is 0.170 e. The Kier molecular flexibility index (Phi) is 7.73. The van der Waals surface area contributed by atoms with Crippen molar-refractivity contribution in [3.05, 3.63) is 170 Å². The number of ketones is 1. The molecule has 7 heteroatoms. The summed E-state index contributed by atoms with van der Waals surface area (Å²) in [7, 11) is 2.18. The largest absolute Gasteiger partial charge is 0.294 e. The molecule has 2 saturated heterocycles. The van der Waals surface area contributed by atoms with Crippen molar-refractivity contribution in [1.82, 2.24) is 19.8 Å². The number of hydrogen-bond acceptors (Lipinski definition) is 5. The number of hydrogen-bond donors (Lipinski definition) is 0. The van der Waals surface area contributed by atoms with Crippen LogP contribution < -0.4 is 0 Å². The number of aromatic nitrogens is 2. The molecule has 5 aromatic carbocycles. The molecular weight excluding hydrogens is 748 g/mol. The van der Waals surface area contributed by atoms with Gasteiger partial charge in [-0.25, -0.2) is 9.97 Å². The van der Waals surface area contributed by atoms with Gasteiger partial charge in [0.25, 0.3) is 0 Å². The number of fused-ring (bicyclic) bond motifs is 7.